The lowest BCUT2D eigenvalue weighted by atomic mass is 9.81. The maximum atomic E-state index is 12.4. The molecule has 0 spiro atoms. The average Bonchev–Trinajstić information content (AvgIpc) is 3.04. The Hall–Kier alpha value is -0.300. The van der Waals surface area contributed by atoms with Gasteiger partial charge in [-0.05, 0) is 24.2 Å². The van der Waals surface area contributed by atoms with Crippen LogP contribution in [-0.4, -0.2) is 63.3 Å². The van der Waals surface area contributed by atoms with Crippen molar-refractivity contribution >= 4 is 14.1 Å². The second kappa shape index (κ2) is 14.7. The first kappa shape index (κ1) is 28.9. The molecule has 0 bridgehead atoms. The minimum Gasteiger partial charge on any atom is -0.388 e. The van der Waals surface area contributed by atoms with Crippen molar-refractivity contribution in [3.8, 4) is 0 Å². The zero-order valence-electron chi connectivity index (χ0n) is 19.1. The molecule has 7 nitrogen and oxygen atoms in total. The minimum absolute atomic E-state index is 0.00299. The lowest BCUT2D eigenvalue weighted by Crippen LogP contribution is -2.34. The number of ether oxygens (including phenoxy) is 1. The van der Waals surface area contributed by atoms with Crippen molar-refractivity contribution in [2.24, 2.45) is 11.3 Å². The Morgan fingerprint density at radius 3 is 2.07 bits per heavy atom. The Labute approximate surface area is 167 Å². The monoisotopic (exact) mass is 412 g/mol. The molecular formula is C19H43NO6P+. The number of amides is 1. The Morgan fingerprint density at radius 2 is 1.67 bits per heavy atom. The summed E-state index contributed by atoms with van der Waals surface area (Å²) < 4.78 is 19.5. The van der Waals surface area contributed by atoms with Gasteiger partial charge in [0, 0.05) is 27.2 Å². The molecule has 1 heterocycles. The van der Waals surface area contributed by atoms with Crippen molar-refractivity contribution in [2.45, 2.75) is 66.9 Å². The van der Waals surface area contributed by atoms with Gasteiger partial charge >= 0.3 is 8.17 Å². The second-order valence-corrected chi connectivity index (χ2v) is 9.41. The summed E-state index contributed by atoms with van der Waals surface area (Å²) in [4.78, 5) is 24.2. The number of nitrogens with zero attached hydrogens (tertiary/aromatic N) is 1. The van der Waals surface area contributed by atoms with Gasteiger partial charge in [-0.2, -0.15) is 13.9 Å². The van der Waals surface area contributed by atoms with Crippen LogP contribution in [0.3, 0.4) is 0 Å². The fourth-order valence-electron chi connectivity index (χ4n) is 3.09. The Morgan fingerprint density at radius 1 is 1.19 bits per heavy atom. The summed E-state index contributed by atoms with van der Waals surface area (Å²) in [5, 5.41) is 0. The highest BCUT2D eigenvalue weighted by Gasteiger charge is 2.47. The summed E-state index contributed by atoms with van der Waals surface area (Å²) >= 11 is 0. The zero-order chi connectivity index (χ0) is 21.7. The molecule has 1 atom stereocenters. The molecule has 1 fully saturated rings. The van der Waals surface area contributed by atoms with Crippen molar-refractivity contribution in [1.82, 2.24) is 4.90 Å². The molecule has 164 valence electrons. The summed E-state index contributed by atoms with van der Waals surface area (Å²) in [6.07, 6.45) is 2.00. The molecule has 0 aromatic carbocycles. The maximum absolute atomic E-state index is 12.4. The molecule has 27 heavy (non-hydrogen) atoms. The molecule has 8 heteroatoms. The molecule has 1 N–H and O–H groups in total. The molecule has 1 saturated heterocycles. The van der Waals surface area contributed by atoms with Gasteiger partial charge < -0.3 is 9.64 Å². The van der Waals surface area contributed by atoms with Crippen LogP contribution in [0.2, 0.25) is 0 Å². The standard InChI is InChI=1S/C15H31NO5P.C2H6O.C2H6/c1-12(2)9-15(3,4)10-14(17)16-8-7-13(11-16)21-22(18,19-5)20-6;1-3-2;1-2/h12-13,18H,7-11H2,1-6H3;1-2H3;1-2H3/q+1;;. The van der Waals surface area contributed by atoms with E-state index in [4.69, 9.17) is 13.6 Å². The fraction of sp³-hybridized carbons (Fsp3) is 0.947. The Balaban J connectivity index is 0. The van der Waals surface area contributed by atoms with Crippen LogP contribution in [0.4, 0.5) is 0 Å². The molecule has 1 unspecified atom stereocenters. The molecule has 1 rings (SSSR count). The van der Waals surface area contributed by atoms with Gasteiger partial charge in [0.15, 0.2) is 0 Å². The van der Waals surface area contributed by atoms with Gasteiger partial charge in [0.2, 0.25) is 5.91 Å². The van der Waals surface area contributed by atoms with E-state index in [1.165, 1.54) is 14.2 Å². The molecular weight excluding hydrogens is 369 g/mol. The molecule has 0 saturated carbocycles. The van der Waals surface area contributed by atoms with Crippen molar-refractivity contribution in [1.29, 1.82) is 0 Å². The number of carbonyl (C=O) groups excluding carboxylic acids is 1. The average molecular weight is 413 g/mol. The van der Waals surface area contributed by atoms with E-state index in [9.17, 15) is 9.69 Å². The number of rotatable bonds is 8. The van der Waals surface area contributed by atoms with Gasteiger partial charge in [0.25, 0.3) is 0 Å². The van der Waals surface area contributed by atoms with Gasteiger partial charge in [-0.25, -0.2) is 0 Å². The highest BCUT2D eigenvalue weighted by molar-refractivity contribution is 7.55. The van der Waals surface area contributed by atoms with Crippen LogP contribution in [0.1, 0.15) is 60.8 Å². The smallest absolute Gasteiger partial charge is 0.388 e. The SMILES string of the molecule is CC.COC.CO[P+](O)(OC)OC1CCN(C(=O)CC(C)(C)CC(C)C)C1. The summed E-state index contributed by atoms with van der Waals surface area (Å²) in [5.74, 6) is 0.717. The molecule has 0 radical (unpaired) electrons. The molecule has 0 aromatic heterocycles. The number of hydrogen-bond acceptors (Lipinski definition) is 6. The number of carbonyl (C=O) groups is 1. The summed E-state index contributed by atoms with van der Waals surface area (Å²) in [6.45, 7) is 13.7. The Kier molecular flexibility index (Phi) is 15.7. The van der Waals surface area contributed by atoms with Gasteiger partial charge in [-0.3, -0.25) is 4.79 Å². The molecule has 1 aliphatic heterocycles. The van der Waals surface area contributed by atoms with E-state index in [0.29, 0.717) is 31.8 Å². The van der Waals surface area contributed by atoms with Gasteiger partial charge in [0.1, 0.15) is 6.10 Å². The third-order valence-corrected chi connectivity index (χ3v) is 5.32. The van der Waals surface area contributed by atoms with E-state index in [1.807, 2.05) is 18.7 Å². The van der Waals surface area contributed by atoms with Crippen LogP contribution in [0.5, 0.6) is 0 Å². The fourth-order valence-corrected chi connectivity index (χ4v) is 3.96. The van der Waals surface area contributed by atoms with Crippen molar-refractivity contribution in [3.63, 3.8) is 0 Å². The van der Waals surface area contributed by atoms with Gasteiger partial charge in [0.05, 0.1) is 20.8 Å². The van der Waals surface area contributed by atoms with Crippen molar-refractivity contribution in [2.75, 3.05) is 41.5 Å². The first-order valence-corrected chi connectivity index (χ1v) is 11.1. The van der Waals surface area contributed by atoms with E-state index in [-0.39, 0.29) is 17.4 Å². The first-order chi connectivity index (χ1) is 12.5. The molecule has 1 amide bonds. The van der Waals surface area contributed by atoms with Crippen LogP contribution >= 0.6 is 8.17 Å². The van der Waals surface area contributed by atoms with E-state index < -0.39 is 8.17 Å². The number of likely N-dealkylation sites (tertiary alicyclic amines) is 1. The molecule has 0 aromatic rings. The van der Waals surface area contributed by atoms with Crippen LogP contribution in [0, 0.1) is 11.3 Å². The highest BCUT2D eigenvalue weighted by atomic mass is 31.2. The van der Waals surface area contributed by atoms with Crippen molar-refractivity contribution in [3.05, 3.63) is 0 Å². The normalized spacial score (nSPS) is 17.2. The third-order valence-electron chi connectivity index (χ3n) is 3.83. The van der Waals surface area contributed by atoms with E-state index in [2.05, 4.69) is 32.4 Å². The van der Waals surface area contributed by atoms with E-state index in [1.54, 1.807) is 14.2 Å². The predicted molar refractivity (Wildman–Crippen MR) is 111 cm³/mol. The second-order valence-electron chi connectivity index (χ2n) is 7.54. The third kappa shape index (κ3) is 12.7. The van der Waals surface area contributed by atoms with E-state index >= 15 is 0 Å². The van der Waals surface area contributed by atoms with Crippen LogP contribution in [-0.2, 0) is 23.1 Å². The summed E-state index contributed by atoms with van der Waals surface area (Å²) in [5.41, 5.74) is -0.00299. The highest BCUT2D eigenvalue weighted by Crippen LogP contribution is 2.58. The van der Waals surface area contributed by atoms with Crippen molar-refractivity contribution < 1.29 is 28.0 Å². The quantitative estimate of drug-likeness (QED) is 0.599. The van der Waals surface area contributed by atoms with Gasteiger partial charge in [-0.1, -0.05) is 41.5 Å². The first-order valence-electron chi connectivity index (χ1n) is 9.62. The largest absolute Gasteiger partial charge is 0.572 e. The molecule has 0 aliphatic carbocycles. The summed E-state index contributed by atoms with van der Waals surface area (Å²) in [6, 6.07) is 0. The van der Waals surface area contributed by atoms with Crippen LogP contribution < -0.4 is 0 Å². The minimum atomic E-state index is -3.23. The predicted octanol–water partition coefficient (Wildman–Crippen LogP) is 4.32. The van der Waals surface area contributed by atoms with E-state index in [0.717, 1.165) is 6.42 Å². The topological polar surface area (TPSA) is 77.5 Å². The molecule has 1 aliphatic rings. The zero-order valence-corrected chi connectivity index (χ0v) is 20.0. The van der Waals surface area contributed by atoms with Crippen LogP contribution in [0.25, 0.3) is 0 Å². The lowest BCUT2D eigenvalue weighted by molar-refractivity contribution is -0.132. The number of hydrogen-bond donors (Lipinski definition) is 1. The van der Waals surface area contributed by atoms with Gasteiger partial charge in [-0.15, -0.1) is 4.52 Å². The maximum Gasteiger partial charge on any atom is 0.572 e. The number of methoxy groups -OCH3 is 1. The lowest BCUT2D eigenvalue weighted by Gasteiger charge is -2.28. The summed E-state index contributed by atoms with van der Waals surface area (Å²) in [7, 11) is 2.72. The van der Waals surface area contributed by atoms with Crippen LogP contribution in [0.15, 0.2) is 0 Å². The Bertz CT molecular complexity index is 388.